The van der Waals surface area contributed by atoms with E-state index >= 15 is 0 Å². The monoisotopic (exact) mass is 470 g/mol. The smallest absolute Gasteiger partial charge is 0.291 e. The van der Waals surface area contributed by atoms with Crippen LogP contribution in [0.4, 0.5) is 11.6 Å². The van der Waals surface area contributed by atoms with Crippen molar-refractivity contribution in [1.82, 2.24) is 9.97 Å². The first kappa shape index (κ1) is 24.1. The number of aryl methyl sites for hydroxylation is 1. The Kier molecular flexibility index (Phi) is 7.27. The van der Waals surface area contributed by atoms with Crippen molar-refractivity contribution in [1.29, 1.82) is 0 Å². The van der Waals surface area contributed by atoms with Gasteiger partial charge in [-0.25, -0.2) is 0 Å². The second-order valence-electron chi connectivity index (χ2n) is 8.08. The molecule has 1 amide bonds. The lowest BCUT2D eigenvalue weighted by Crippen LogP contribution is -2.40. The largest absolute Gasteiger partial charge is 0.479 e. The van der Waals surface area contributed by atoms with Gasteiger partial charge in [0.2, 0.25) is 17.7 Å². The standard InChI is InChI=1S/C23H30N4O5Si/c1-8-33(6,7)15-10-9-14(2)17(13-15)32-18-12-11-16(31-18)20(28)25-19-21(29-4)26-23(24-3)27-22(19)30-5/h9-13H,8H2,1-7H3,(H,25,28)(H,24,26,27). The summed E-state index contributed by atoms with van der Waals surface area (Å²) in [7, 11) is 3.02. The molecule has 9 nitrogen and oxygen atoms in total. The summed E-state index contributed by atoms with van der Waals surface area (Å²) in [5.74, 6) is 1.06. The molecule has 0 fully saturated rings. The molecule has 33 heavy (non-hydrogen) atoms. The van der Waals surface area contributed by atoms with Crippen LogP contribution < -0.4 is 30.0 Å². The van der Waals surface area contributed by atoms with Crippen LogP contribution in [-0.2, 0) is 0 Å². The Morgan fingerprint density at radius 1 is 1.09 bits per heavy atom. The molecule has 3 aromatic rings. The van der Waals surface area contributed by atoms with E-state index in [1.807, 2.05) is 6.92 Å². The first-order valence-corrected chi connectivity index (χ1v) is 13.8. The number of aromatic nitrogens is 2. The zero-order chi connectivity index (χ0) is 24.2. The Balaban J connectivity index is 1.82. The number of benzene rings is 1. The predicted molar refractivity (Wildman–Crippen MR) is 130 cm³/mol. The van der Waals surface area contributed by atoms with Crippen molar-refractivity contribution >= 4 is 30.8 Å². The van der Waals surface area contributed by atoms with Crippen molar-refractivity contribution in [2.75, 3.05) is 31.9 Å². The summed E-state index contributed by atoms with van der Waals surface area (Å²) in [6.07, 6.45) is 0. The second-order valence-corrected chi connectivity index (χ2v) is 13.1. The first-order valence-electron chi connectivity index (χ1n) is 10.6. The van der Waals surface area contributed by atoms with E-state index in [2.05, 4.69) is 58.8 Å². The third-order valence-corrected chi connectivity index (χ3v) is 9.20. The zero-order valence-corrected chi connectivity index (χ0v) is 21.0. The van der Waals surface area contributed by atoms with Crippen LogP contribution in [0.3, 0.4) is 0 Å². The lowest BCUT2D eigenvalue weighted by Gasteiger charge is -2.22. The van der Waals surface area contributed by atoms with Crippen molar-refractivity contribution in [2.45, 2.75) is 33.0 Å². The fourth-order valence-electron chi connectivity index (χ4n) is 3.05. The maximum absolute atomic E-state index is 12.8. The van der Waals surface area contributed by atoms with Crippen molar-refractivity contribution < 1.29 is 23.4 Å². The summed E-state index contributed by atoms with van der Waals surface area (Å²) in [5, 5.41) is 6.80. The fraction of sp³-hybridized carbons (Fsp3) is 0.348. The van der Waals surface area contributed by atoms with Gasteiger partial charge in [-0.05, 0) is 24.6 Å². The Hall–Kier alpha value is -3.53. The molecule has 176 valence electrons. The molecule has 10 heteroatoms. The van der Waals surface area contributed by atoms with Gasteiger partial charge < -0.3 is 29.3 Å². The minimum absolute atomic E-state index is 0.0591. The molecule has 0 unspecified atom stereocenters. The van der Waals surface area contributed by atoms with E-state index in [0.29, 0.717) is 11.7 Å². The molecule has 3 rings (SSSR count). The van der Waals surface area contributed by atoms with Gasteiger partial charge in [0.15, 0.2) is 11.4 Å². The van der Waals surface area contributed by atoms with Gasteiger partial charge >= 0.3 is 0 Å². The van der Waals surface area contributed by atoms with Gasteiger partial charge in [-0.2, -0.15) is 9.97 Å². The summed E-state index contributed by atoms with van der Waals surface area (Å²) >= 11 is 0. The Bertz CT molecular complexity index is 1120. The average molecular weight is 471 g/mol. The van der Waals surface area contributed by atoms with E-state index in [1.165, 1.54) is 25.5 Å². The topological polar surface area (TPSA) is 108 Å². The molecule has 2 aromatic heterocycles. The minimum atomic E-state index is -1.52. The van der Waals surface area contributed by atoms with Crippen LogP contribution in [0.2, 0.25) is 19.1 Å². The highest BCUT2D eigenvalue weighted by atomic mass is 28.3. The van der Waals surface area contributed by atoms with Crippen LogP contribution in [0.1, 0.15) is 23.0 Å². The minimum Gasteiger partial charge on any atom is -0.479 e. The predicted octanol–water partition coefficient (Wildman–Crippen LogP) is 4.42. The molecule has 1 aromatic carbocycles. The first-order chi connectivity index (χ1) is 15.7. The van der Waals surface area contributed by atoms with Crippen LogP contribution in [0, 0.1) is 6.92 Å². The van der Waals surface area contributed by atoms with Crippen LogP contribution in [0.15, 0.2) is 34.7 Å². The number of carbonyl (C=O) groups is 1. The number of furan rings is 1. The summed E-state index contributed by atoms with van der Waals surface area (Å²) in [6.45, 7) is 8.84. The van der Waals surface area contributed by atoms with E-state index in [9.17, 15) is 4.79 Å². The van der Waals surface area contributed by atoms with E-state index in [4.69, 9.17) is 18.6 Å². The molecule has 0 spiro atoms. The highest BCUT2D eigenvalue weighted by Gasteiger charge is 2.23. The van der Waals surface area contributed by atoms with E-state index in [-0.39, 0.29) is 29.2 Å². The molecule has 0 saturated carbocycles. The summed E-state index contributed by atoms with van der Waals surface area (Å²) in [6, 6.07) is 10.6. The number of nitrogens with one attached hydrogen (secondary N) is 2. The molecule has 2 N–H and O–H groups in total. The summed E-state index contributed by atoms with van der Waals surface area (Å²) in [4.78, 5) is 21.2. The Morgan fingerprint density at radius 3 is 2.33 bits per heavy atom. The number of rotatable bonds is 9. The zero-order valence-electron chi connectivity index (χ0n) is 20.0. The highest BCUT2D eigenvalue weighted by Crippen LogP contribution is 2.33. The number of amides is 1. The van der Waals surface area contributed by atoms with Crippen molar-refractivity contribution in [3.8, 4) is 23.5 Å². The number of hydrogen-bond acceptors (Lipinski definition) is 8. The van der Waals surface area contributed by atoms with Crippen LogP contribution in [-0.4, -0.2) is 45.2 Å². The van der Waals surface area contributed by atoms with Crippen LogP contribution in [0.5, 0.6) is 23.5 Å². The van der Waals surface area contributed by atoms with Crippen molar-refractivity contribution in [2.24, 2.45) is 0 Å². The molecule has 0 aliphatic heterocycles. The molecular formula is C23H30N4O5Si. The lowest BCUT2D eigenvalue weighted by molar-refractivity contribution is 0.0990. The maximum atomic E-state index is 12.8. The molecule has 0 bridgehead atoms. The van der Waals surface area contributed by atoms with Gasteiger partial charge in [0.05, 0.1) is 22.3 Å². The molecule has 0 aliphatic carbocycles. The normalized spacial score (nSPS) is 11.1. The number of nitrogens with zero attached hydrogens (tertiary/aromatic N) is 2. The second kappa shape index (κ2) is 9.95. The van der Waals surface area contributed by atoms with Gasteiger partial charge in [0.25, 0.3) is 11.9 Å². The molecule has 0 saturated heterocycles. The van der Waals surface area contributed by atoms with E-state index in [0.717, 1.165) is 11.6 Å². The SMILES string of the molecule is CC[Si](C)(C)c1ccc(C)c(Oc2ccc(C(=O)Nc3c(OC)nc(NC)nc3OC)o2)c1. The van der Waals surface area contributed by atoms with Gasteiger partial charge in [-0.1, -0.05) is 43.4 Å². The van der Waals surface area contributed by atoms with Gasteiger partial charge in [-0.15, -0.1) is 0 Å². The average Bonchev–Trinajstić information content (AvgIpc) is 3.29. The number of ether oxygens (including phenoxy) is 3. The van der Waals surface area contributed by atoms with E-state index in [1.54, 1.807) is 13.1 Å². The van der Waals surface area contributed by atoms with Gasteiger partial charge in [0.1, 0.15) is 5.75 Å². The quantitative estimate of drug-likeness (QED) is 0.443. The molecule has 0 aliphatic rings. The molecule has 0 atom stereocenters. The number of carbonyl (C=O) groups excluding carboxylic acids is 1. The number of anilines is 2. The third kappa shape index (κ3) is 5.28. The Morgan fingerprint density at radius 2 is 1.76 bits per heavy atom. The molecule has 0 radical (unpaired) electrons. The highest BCUT2D eigenvalue weighted by molar-refractivity contribution is 6.89. The maximum Gasteiger partial charge on any atom is 0.291 e. The summed E-state index contributed by atoms with van der Waals surface area (Å²) in [5.41, 5.74) is 1.18. The van der Waals surface area contributed by atoms with Gasteiger partial charge in [-0.3, -0.25) is 4.79 Å². The number of hydrogen-bond donors (Lipinski definition) is 2. The fourth-order valence-corrected chi connectivity index (χ4v) is 4.52. The summed E-state index contributed by atoms with van der Waals surface area (Å²) < 4.78 is 22.2. The van der Waals surface area contributed by atoms with E-state index < -0.39 is 14.0 Å². The van der Waals surface area contributed by atoms with Crippen LogP contribution >= 0.6 is 0 Å². The third-order valence-electron chi connectivity index (χ3n) is 5.56. The van der Waals surface area contributed by atoms with Crippen LogP contribution in [0.25, 0.3) is 0 Å². The van der Waals surface area contributed by atoms with Crippen molar-refractivity contribution in [3.63, 3.8) is 0 Å². The Labute approximate surface area is 194 Å². The van der Waals surface area contributed by atoms with Gasteiger partial charge in [0, 0.05) is 13.1 Å². The molecular weight excluding hydrogens is 440 g/mol. The lowest BCUT2D eigenvalue weighted by atomic mass is 10.2. The van der Waals surface area contributed by atoms with Crippen molar-refractivity contribution in [3.05, 3.63) is 41.7 Å². The number of methoxy groups -OCH3 is 2. The molecule has 2 heterocycles.